The van der Waals surface area contributed by atoms with Gasteiger partial charge in [0, 0.05) is 24.3 Å². The number of hydrogen-bond donors (Lipinski definition) is 0. The molecule has 1 aromatic carbocycles. The molecule has 0 bridgehead atoms. The lowest BCUT2D eigenvalue weighted by Crippen LogP contribution is -2.17. The minimum atomic E-state index is -0.282. The van der Waals surface area contributed by atoms with E-state index in [9.17, 15) is 0 Å². The Kier molecular flexibility index (Phi) is 3.23. The Balaban J connectivity index is 1.82. The van der Waals surface area contributed by atoms with Crippen LogP contribution in [0.3, 0.4) is 0 Å². The van der Waals surface area contributed by atoms with Crippen LogP contribution >= 0.6 is 11.6 Å². The van der Waals surface area contributed by atoms with Crippen molar-refractivity contribution in [3.63, 3.8) is 0 Å². The van der Waals surface area contributed by atoms with Crippen molar-refractivity contribution >= 4 is 17.3 Å². The van der Waals surface area contributed by atoms with Gasteiger partial charge in [0.1, 0.15) is 0 Å². The number of nitrogens with zero attached hydrogens (tertiary/aromatic N) is 1. The van der Waals surface area contributed by atoms with Crippen molar-refractivity contribution in [3.8, 4) is 0 Å². The summed E-state index contributed by atoms with van der Waals surface area (Å²) in [5.41, 5.74) is 2.14. The highest BCUT2D eigenvalue weighted by molar-refractivity contribution is 6.31. The maximum absolute atomic E-state index is 6.30. The third-order valence-electron chi connectivity index (χ3n) is 3.33. The van der Waals surface area contributed by atoms with Crippen molar-refractivity contribution in [1.82, 2.24) is 0 Å². The molecule has 0 aromatic heterocycles. The molecule has 0 atom stereocenters. The van der Waals surface area contributed by atoms with Crippen LogP contribution in [0.1, 0.15) is 24.7 Å². The smallest absolute Gasteiger partial charge is 0.185 e. The minimum Gasteiger partial charge on any atom is -0.371 e. The lowest BCUT2D eigenvalue weighted by molar-refractivity contribution is -0.0440. The molecule has 2 fully saturated rings. The van der Waals surface area contributed by atoms with E-state index in [1.165, 1.54) is 18.5 Å². The minimum absolute atomic E-state index is 0.282. The average Bonchev–Trinajstić information content (AvgIpc) is 3.02. The highest BCUT2D eigenvalue weighted by Gasteiger charge is 2.22. The summed E-state index contributed by atoms with van der Waals surface area (Å²) in [6, 6.07) is 6.15. The number of anilines is 1. The normalized spacial score (nSPS) is 21.4. The largest absolute Gasteiger partial charge is 0.371 e. The molecule has 0 unspecified atom stereocenters. The van der Waals surface area contributed by atoms with Crippen molar-refractivity contribution in [2.45, 2.75) is 19.1 Å². The zero-order chi connectivity index (χ0) is 11.7. The quantitative estimate of drug-likeness (QED) is 0.809. The summed E-state index contributed by atoms with van der Waals surface area (Å²) >= 11 is 6.30. The molecule has 3 nitrogen and oxygen atoms in total. The van der Waals surface area contributed by atoms with Crippen LogP contribution in [0.5, 0.6) is 0 Å². The van der Waals surface area contributed by atoms with Crippen molar-refractivity contribution in [1.29, 1.82) is 0 Å². The molecule has 0 aliphatic carbocycles. The van der Waals surface area contributed by atoms with Gasteiger partial charge in [-0.2, -0.15) is 0 Å². The molecule has 92 valence electrons. The van der Waals surface area contributed by atoms with Crippen molar-refractivity contribution in [2.75, 3.05) is 31.2 Å². The van der Waals surface area contributed by atoms with E-state index in [4.69, 9.17) is 21.1 Å². The summed E-state index contributed by atoms with van der Waals surface area (Å²) < 4.78 is 10.9. The summed E-state index contributed by atoms with van der Waals surface area (Å²) in [7, 11) is 0. The van der Waals surface area contributed by atoms with Crippen LogP contribution in [0, 0.1) is 0 Å². The van der Waals surface area contributed by atoms with Gasteiger partial charge in [0.15, 0.2) is 6.29 Å². The summed E-state index contributed by atoms with van der Waals surface area (Å²) in [6.45, 7) is 3.56. The molecule has 17 heavy (non-hydrogen) atoms. The average molecular weight is 254 g/mol. The standard InChI is InChI=1S/C13H16ClNO2/c14-12-9-10(15-5-1-2-6-15)3-4-11(12)13-16-7-8-17-13/h3-4,9,13H,1-2,5-8H2. The summed E-state index contributed by atoms with van der Waals surface area (Å²) in [5.74, 6) is 0. The number of rotatable bonds is 2. The van der Waals surface area contributed by atoms with E-state index in [1.54, 1.807) is 0 Å². The number of benzene rings is 1. The fourth-order valence-corrected chi connectivity index (χ4v) is 2.68. The maximum atomic E-state index is 6.30. The molecule has 3 rings (SSSR count). The molecular weight excluding hydrogens is 238 g/mol. The number of ether oxygens (including phenoxy) is 2. The molecule has 0 radical (unpaired) electrons. The first-order chi connectivity index (χ1) is 8.34. The van der Waals surface area contributed by atoms with Crippen LogP contribution in [0.2, 0.25) is 5.02 Å². The van der Waals surface area contributed by atoms with Crippen molar-refractivity contribution < 1.29 is 9.47 Å². The topological polar surface area (TPSA) is 21.7 Å². The SMILES string of the molecule is Clc1cc(N2CCCC2)ccc1C1OCCO1. The summed E-state index contributed by atoms with van der Waals surface area (Å²) in [4.78, 5) is 2.37. The van der Waals surface area contributed by atoms with Gasteiger partial charge >= 0.3 is 0 Å². The lowest BCUT2D eigenvalue weighted by atomic mass is 10.2. The second-order valence-electron chi connectivity index (χ2n) is 4.47. The van der Waals surface area contributed by atoms with Gasteiger partial charge < -0.3 is 14.4 Å². The first-order valence-corrected chi connectivity index (χ1v) is 6.50. The molecule has 0 amide bonds. The Hall–Kier alpha value is -0.770. The van der Waals surface area contributed by atoms with Gasteiger partial charge in [0.05, 0.1) is 18.2 Å². The van der Waals surface area contributed by atoms with Gasteiger partial charge in [-0.15, -0.1) is 0 Å². The third kappa shape index (κ3) is 2.28. The lowest BCUT2D eigenvalue weighted by Gasteiger charge is -2.19. The van der Waals surface area contributed by atoms with Crippen LogP contribution in [-0.2, 0) is 9.47 Å². The van der Waals surface area contributed by atoms with Crippen molar-refractivity contribution in [3.05, 3.63) is 28.8 Å². The van der Waals surface area contributed by atoms with E-state index in [2.05, 4.69) is 11.0 Å². The second kappa shape index (κ2) is 4.84. The zero-order valence-electron chi connectivity index (χ0n) is 9.69. The van der Waals surface area contributed by atoms with Crippen LogP contribution in [0.15, 0.2) is 18.2 Å². The van der Waals surface area contributed by atoms with Gasteiger partial charge in [0.25, 0.3) is 0 Å². The molecule has 0 saturated carbocycles. The second-order valence-corrected chi connectivity index (χ2v) is 4.88. The predicted molar refractivity (Wildman–Crippen MR) is 67.5 cm³/mol. The Bertz CT molecular complexity index is 398. The van der Waals surface area contributed by atoms with E-state index in [1.807, 2.05) is 12.1 Å². The molecule has 4 heteroatoms. The fraction of sp³-hybridized carbons (Fsp3) is 0.538. The monoisotopic (exact) mass is 253 g/mol. The highest BCUT2D eigenvalue weighted by Crippen LogP contribution is 2.33. The van der Waals surface area contributed by atoms with Crippen molar-refractivity contribution in [2.24, 2.45) is 0 Å². The maximum Gasteiger partial charge on any atom is 0.185 e. The highest BCUT2D eigenvalue weighted by atomic mass is 35.5. The Labute approximate surface area is 106 Å². The van der Waals surface area contributed by atoms with Crippen LogP contribution in [0.25, 0.3) is 0 Å². The predicted octanol–water partition coefficient (Wildman–Crippen LogP) is 2.99. The van der Waals surface area contributed by atoms with Gasteiger partial charge in [-0.25, -0.2) is 0 Å². The summed E-state index contributed by atoms with van der Waals surface area (Å²) in [6.07, 6.45) is 2.26. The van der Waals surface area contributed by atoms with E-state index < -0.39 is 0 Å². The van der Waals surface area contributed by atoms with Crippen LogP contribution < -0.4 is 4.90 Å². The van der Waals surface area contributed by atoms with E-state index >= 15 is 0 Å². The molecule has 2 aliphatic heterocycles. The molecule has 2 heterocycles. The van der Waals surface area contributed by atoms with Crippen LogP contribution in [0.4, 0.5) is 5.69 Å². The molecule has 0 N–H and O–H groups in total. The number of halogens is 1. The third-order valence-corrected chi connectivity index (χ3v) is 3.66. The van der Waals surface area contributed by atoms with E-state index in [-0.39, 0.29) is 6.29 Å². The van der Waals surface area contributed by atoms with E-state index in [0.29, 0.717) is 13.2 Å². The number of hydrogen-bond acceptors (Lipinski definition) is 3. The first-order valence-electron chi connectivity index (χ1n) is 6.12. The first kappa shape index (κ1) is 11.3. The molecule has 1 aromatic rings. The molecule has 2 saturated heterocycles. The zero-order valence-corrected chi connectivity index (χ0v) is 10.4. The van der Waals surface area contributed by atoms with Gasteiger partial charge in [-0.05, 0) is 25.0 Å². The fourth-order valence-electron chi connectivity index (χ4n) is 2.42. The molecular formula is C13H16ClNO2. The molecule has 2 aliphatic rings. The van der Waals surface area contributed by atoms with Gasteiger partial charge in [0.2, 0.25) is 0 Å². The summed E-state index contributed by atoms with van der Waals surface area (Å²) in [5, 5.41) is 0.737. The van der Waals surface area contributed by atoms with Gasteiger partial charge in [-0.3, -0.25) is 0 Å². The molecule has 0 spiro atoms. The Morgan fingerprint density at radius 1 is 1.12 bits per heavy atom. The van der Waals surface area contributed by atoms with E-state index in [0.717, 1.165) is 23.7 Å². The Morgan fingerprint density at radius 2 is 1.82 bits per heavy atom. The Morgan fingerprint density at radius 3 is 2.47 bits per heavy atom. The van der Waals surface area contributed by atoms with Gasteiger partial charge in [-0.1, -0.05) is 17.7 Å². The van der Waals surface area contributed by atoms with Crippen LogP contribution in [-0.4, -0.2) is 26.3 Å².